The number of hydrogen-bond donors (Lipinski definition) is 1. The highest BCUT2D eigenvalue weighted by Crippen LogP contribution is 2.20. The lowest BCUT2D eigenvalue weighted by Crippen LogP contribution is -2.51. The summed E-state index contributed by atoms with van der Waals surface area (Å²) < 4.78 is 13.4. The second-order valence-electron chi connectivity index (χ2n) is 8.22. The first kappa shape index (κ1) is 23.3. The number of nitrogens with one attached hydrogen (secondary N) is 1. The fraction of sp³-hybridized carbons (Fsp3) is 0.440. The fourth-order valence-electron chi connectivity index (χ4n) is 4.13. The van der Waals surface area contributed by atoms with Crippen molar-refractivity contribution in [2.24, 2.45) is 0 Å². The molecule has 2 amide bonds. The summed E-state index contributed by atoms with van der Waals surface area (Å²) in [6.07, 6.45) is 6.10. The van der Waals surface area contributed by atoms with Crippen LogP contribution in [0.2, 0.25) is 5.02 Å². The Morgan fingerprint density at radius 2 is 1.65 bits per heavy atom. The van der Waals surface area contributed by atoms with Crippen LogP contribution in [0.4, 0.5) is 4.39 Å². The van der Waals surface area contributed by atoms with Crippen LogP contribution in [-0.2, 0) is 22.6 Å². The van der Waals surface area contributed by atoms with Gasteiger partial charge in [-0.2, -0.15) is 0 Å². The number of nitrogens with zero attached hydrogens (tertiary/aromatic N) is 1. The second kappa shape index (κ2) is 11.3. The number of amides is 2. The molecule has 0 heterocycles. The van der Waals surface area contributed by atoms with Crippen LogP contribution >= 0.6 is 11.6 Å². The molecule has 0 spiro atoms. The van der Waals surface area contributed by atoms with Gasteiger partial charge in [0.2, 0.25) is 11.8 Å². The molecular formula is C25H30ClFN2O2. The molecule has 0 saturated heterocycles. The fourth-order valence-corrected chi connectivity index (χ4v) is 4.25. The van der Waals surface area contributed by atoms with Crippen LogP contribution in [0.1, 0.15) is 56.6 Å². The van der Waals surface area contributed by atoms with Crippen LogP contribution < -0.4 is 5.32 Å². The zero-order valence-electron chi connectivity index (χ0n) is 17.9. The second-order valence-corrected chi connectivity index (χ2v) is 8.66. The van der Waals surface area contributed by atoms with Crippen molar-refractivity contribution in [3.05, 3.63) is 70.5 Å². The zero-order chi connectivity index (χ0) is 22.2. The molecule has 0 aliphatic heterocycles. The van der Waals surface area contributed by atoms with Crippen molar-refractivity contribution < 1.29 is 14.0 Å². The molecule has 0 bridgehead atoms. The van der Waals surface area contributed by atoms with Gasteiger partial charge in [0.25, 0.3) is 0 Å². The summed E-state index contributed by atoms with van der Waals surface area (Å²) >= 11 is 5.96. The Kier molecular flexibility index (Phi) is 8.47. The minimum Gasteiger partial charge on any atom is -0.352 e. The standard InChI is InChI=1S/C25H30ClFN2O2/c1-2-23(25(31)28-22-6-4-3-5-7-22)29(17-19-10-14-21(27)15-11-19)24(30)16-18-8-12-20(26)13-9-18/h8-15,22-23H,2-7,16-17H2,1H3,(H,28,31)/t23-/m0/s1. The van der Waals surface area contributed by atoms with Crippen molar-refractivity contribution in [2.45, 2.75) is 70.5 Å². The van der Waals surface area contributed by atoms with Gasteiger partial charge in [0.15, 0.2) is 0 Å². The van der Waals surface area contributed by atoms with Gasteiger partial charge < -0.3 is 10.2 Å². The van der Waals surface area contributed by atoms with E-state index in [1.165, 1.54) is 18.6 Å². The summed E-state index contributed by atoms with van der Waals surface area (Å²) in [5.41, 5.74) is 1.62. The molecule has 6 heteroatoms. The van der Waals surface area contributed by atoms with E-state index < -0.39 is 6.04 Å². The van der Waals surface area contributed by atoms with E-state index in [-0.39, 0.29) is 36.6 Å². The Labute approximate surface area is 188 Å². The van der Waals surface area contributed by atoms with E-state index in [4.69, 9.17) is 11.6 Å². The Hall–Kier alpha value is -2.40. The predicted molar refractivity (Wildman–Crippen MR) is 121 cm³/mol. The molecule has 31 heavy (non-hydrogen) atoms. The normalized spacial score (nSPS) is 15.3. The highest BCUT2D eigenvalue weighted by Gasteiger charge is 2.30. The molecular weight excluding hydrogens is 415 g/mol. The summed E-state index contributed by atoms with van der Waals surface area (Å²) in [6, 6.07) is 12.8. The topological polar surface area (TPSA) is 49.4 Å². The molecule has 2 aromatic rings. The van der Waals surface area contributed by atoms with Crippen LogP contribution in [0.25, 0.3) is 0 Å². The van der Waals surface area contributed by atoms with Crippen LogP contribution in [-0.4, -0.2) is 28.8 Å². The third-order valence-corrected chi connectivity index (χ3v) is 6.12. The molecule has 1 fully saturated rings. The summed E-state index contributed by atoms with van der Waals surface area (Å²) in [4.78, 5) is 28.1. The highest BCUT2D eigenvalue weighted by molar-refractivity contribution is 6.30. The molecule has 0 radical (unpaired) electrons. The predicted octanol–water partition coefficient (Wildman–Crippen LogP) is 5.28. The molecule has 1 aliphatic rings. The molecule has 1 saturated carbocycles. The number of halogens is 2. The van der Waals surface area contributed by atoms with Gasteiger partial charge in [0.05, 0.1) is 6.42 Å². The van der Waals surface area contributed by atoms with Gasteiger partial charge in [-0.1, -0.05) is 62.1 Å². The smallest absolute Gasteiger partial charge is 0.243 e. The van der Waals surface area contributed by atoms with Gasteiger partial charge in [-0.3, -0.25) is 9.59 Å². The van der Waals surface area contributed by atoms with Crippen molar-refractivity contribution in [2.75, 3.05) is 0 Å². The minimum atomic E-state index is -0.577. The van der Waals surface area contributed by atoms with Crippen molar-refractivity contribution in [1.29, 1.82) is 0 Å². The van der Waals surface area contributed by atoms with E-state index in [1.807, 2.05) is 19.1 Å². The van der Waals surface area contributed by atoms with Crippen LogP contribution in [0.5, 0.6) is 0 Å². The van der Waals surface area contributed by atoms with Gasteiger partial charge in [-0.05, 0) is 54.7 Å². The molecule has 2 aromatic carbocycles. The average molecular weight is 445 g/mol. The van der Waals surface area contributed by atoms with Crippen LogP contribution in [0.3, 0.4) is 0 Å². The maximum Gasteiger partial charge on any atom is 0.243 e. The number of hydrogen-bond acceptors (Lipinski definition) is 2. The first-order valence-corrected chi connectivity index (χ1v) is 11.4. The van der Waals surface area contributed by atoms with Gasteiger partial charge >= 0.3 is 0 Å². The number of carbonyl (C=O) groups is 2. The SMILES string of the molecule is CC[C@@H](C(=O)NC1CCCCC1)N(Cc1ccc(F)cc1)C(=O)Cc1ccc(Cl)cc1. The van der Waals surface area contributed by atoms with Gasteiger partial charge in [0, 0.05) is 17.6 Å². The maximum absolute atomic E-state index is 13.4. The third kappa shape index (κ3) is 6.79. The summed E-state index contributed by atoms with van der Waals surface area (Å²) in [7, 11) is 0. The lowest BCUT2D eigenvalue weighted by Gasteiger charge is -2.33. The minimum absolute atomic E-state index is 0.110. The number of benzene rings is 2. The zero-order valence-corrected chi connectivity index (χ0v) is 18.7. The summed E-state index contributed by atoms with van der Waals surface area (Å²) in [5.74, 6) is -0.580. The Balaban J connectivity index is 1.79. The van der Waals surface area contributed by atoms with Crippen molar-refractivity contribution in [1.82, 2.24) is 10.2 Å². The lowest BCUT2D eigenvalue weighted by atomic mass is 9.95. The van der Waals surface area contributed by atoms with E-state index >= 15 is 0 Å². The largest absolute Gasteiger partial charge is 0.352 e. The lowest BCUT2D eigenvalue weighted by molar-refractivity contribution is -0.141. The number of carbonyl (C=O) groups excluding carboxylic acids is 2. The van der Waals surface area contributed by atoms with E-state index in [1.54, 1.807) is 29.2 Å². The first-order valence-electron chi connectivity index (χ1n) is 11.0. The molecule has 4 nitrogen and oxygen atoms in total. The molecule has 166 valence electrons. The molecule has 1 N–H and O–H groups in total. The Bertz CT molecular complexity index is 864. The van der Waals surface area contributed by atoms with E-state index in [2.05, 4.69) is 5.32 Å². The van der Waals surface area contributed by atoms with Crippen molar-refractivity contribution >= 4 is 23.4 Å². The van der Waals surface area contributed by atoms with Gasteiger partial charge in [-0.25, -0.2) is 4.39 Å². The monoisotopic (exact) mass is 444 g/mol. The first-order chi connectivity index (χ1) is 15.0. The third-order valence-electron chi connectivity index (χ3n) is 5.87. The average Bonchev–Trinajstić information content (AvgIpc) is 2.77. The van der Waals surface area contributed by atoms with Crippen molar-refractivity contribution in [3.63, 3.8) is 0 Å². The molecule has 1 aliphatic carbocycles. The molecule has 1 atom stereocenters. The summed E-state index contributed by atoms with van der Waals surface area (Å²) in [5, 5.41) is 3.77. The molecule has 3 rings (SSSR count). The maximum atomic E-state index is 13.4. The van der Waals surface area contributed by atoms with E-state index in [0.717, 1.165) is 36.8 Å². The van der Waals surface area contributed by atoms with Crippen LogP contribution in [0, 0.1) is 5.82 Å². The molecule has 0 aromatic heterocycles. The van der Waals surface area contributed by atoms with Gasteiger partial charge in [-0.15, -0.1) is 0 Å². The summed E-state index contributed by atoms with van der Waals surface area (Å²) in [6.45, 7) is 2.17. The van der Waals surface area contributed by atoms with Crippen molar-refractivity contribution in [3.8, 4) is 0 Å². The molecule has 0 unspecified atom stereocenters. The van der Waals surface area contributed by atoms with Gasteiger partial charge in [0.1, 0.15) is 11.9 Å². The highest BCUT2D eigenvalue weighted by atomic mass is 35.5. The van der Waals surface area contributed by atoms with E-state index in [0.29, 0.717) is 11.4 Å². The Morgan fingerprint density at radius 3 is 2.26 bits per heavy atom. The quantitative estimate of drug-likeness (QED) is 0.602. The van der Waals surface area contributed by atoms with E-state index in [9.17, 15) is 14.0 Å². The number of rotatable bonds is 8. The van der Waals surface area contributed by atoms with Crippen LogP contribution in [0.15, 0.2) is 48.5 Å². The Morgan fingerprint density at radius 1 is 1.03 bits per heavy atom.